The Morgan fingerprint density at radius 1 is 0.214 bits per heavy atom. The molecule has 0 fully saturated rings. The van der Waals surface area contributed by atoms with Gasteiger partial charge in [0.05, 0.1) is 0 Å². The Morgan fingerprint density at radius 3 is 1.01 bits per heavy atom. The van der Waals surface area contributed by atoms with E-state index >= 15 is 0 Å². The van der Waals surface area contributed by atoms with Crippen molar-refractivity contribution in [2.45, 2.75) is 105 Å². The lowest BCUT2D eigenvalue weighted by atomic mass is 9.77. The Balaban J connectivity index is 1.23. The van der Waals surface area contributed by atoms with Gasteiger partial charge in [-0.25, -0.2) is 0 Å². The van der Waals surface area contributed by atoms with Crippen LogP contribution in [0.5, 0.6) is 0 Å². The molecule has 70 heavy (non-hydrogen) atoms. The van der Waals surface area contributed by atoms with Crippen LogP contribution in [0.25, 0.3) is 131 Å². The predicted molar refractivity (Wildman–Crippen MR) is 306 cm³/mol. The van der Waals surface area contributed by atoms with Crippen LogP contribution in [0.1, 0.15) is 105 Å². The molecule has 0 radical (unpaired) electrons. The summed E-state index contributed by atoms with van der Waals surface area (Å²) < 4.78 is 0. The average molecular weight is 903 g/mol. The number of hydrogen-bond donors (Lipinski definition) is 0. The molecular weight excluding hydrogens is 841 g/mol. The van der Waals surface area contributed by atoms with Gasteiger partial charge < -0.3 is 0 Å². The minimum absolute atomic E-state index is 0.0307. The molecule has 0 atom stereocenters. The Bertz CT molecular complexity index is 4050. The summed E-state index contributed by atoms with van der Waals surface area (Å²) in [6.45, 7) is 28.3. The van der Waals surface area contributed by atoms with Crippen molar-refractivity contribution in [3.8, 4) is 66.8 Å². The molecule has 0 bridgehead atoms. The van der Waals surface area contributed by atoms with Gasteiger partial charge in [-0.15, -0.1) is 0 Å². The van der Waals surface area contributed by atoms with Gasteiger partial charge in [0.15, 0.2) is 0 Å². The van der Waals surface area contributed by atoms with Gasteiger partial charge in [0.25, 0.3) is 0 Å². The van der Waals surface area contributed by atoms with E-state index in [1.54, 1.807) is 0 Å². The molecule has 0 saturated carbocycles. The number of fused-ring (bicyclic) bond motifs is 13. The van der Waals surface area contributed by atoms with Crippen molar-refractivity contribution >= 4 is 64.6 Å². The van der Waals surface area contributed by atoms with Crippen LogP contribution in [0.4, 0.5) is 0 Å². The van der Waals surface area contributed by atoms with Gasteiger partial charge >= 0.3 is 0 Å². The maximum atomic E-state index is 2.59. The smallest absolute Gasteiger partial charge is 0.00199 e. The predicted octanol–water partition coefficient (Wildman–Crippen LogP) is 20.4. The maximum absolute atomic E-state index is 2.59. The molecule has 13 rings (SSSR count). The molecule has 2 aliphatic rings. The highest BCUT2D eigenvalue weighted by Crippen LogP contribution is 2.55. The van der Waals surface area contributed by atoms with Gasteiger partial charge in [-0.1, -0.05) is 198 Å². The van der Waals surface area contributed by atoms with E-state index in [1.165, 1.54) is 154 Å². The molecule has 11 aromatic carbocycles. The number of rotatable bonds is 2. The molecule has 0 spiro atoms. The monoisotopic (exact) mass is 902 g/mol. The molecule has 0 heteroatoms. The lowest BCUT2D eigenvalue weighted by Gasteiger charge is -2.27. The summed E-state index contributed by atoms with van der Waals surface area (Å²) in [7, 11) is 0. The topological polar surface area (TPSA) is 0 Å². The molecule has 0 saturated heterocycles. The van der Waals surface area contributed by atoms with Gasteiger partial charge in [-0.05, 0) is 218 Å². The van der Waals surface area contributed by atoms with Crippen LogP contribution < -0.4 is 0 Å². The van der Waals surface area contributed by atoms with Crippen molar-refractivity contribution in [2.24, 2.45) is 0 Å². The molecule has 0 aliphatic heterocycles. The Kier molecular flexibility index (Phi) is 8.79. The summed E-state index contributed by atoms with van der Waals surface area (Å²) in [4.78, 5) is 0. The second-order valence-electron chi connectivity index (χ2n) is 25.0. The van der Waals surface area contributed by atoms with Gasteiger partial charge in [0.1, 0.15) is 0 Å². The quantitative estimate of drug-likeness (QED) is 0.152. The zero-order chi connectivity index (χ0) is 48.6. The SMILES string of the molecule is CC(C)(C)c1cc(-c2cc3c4cc5c(cc4c(-c4cc(C(C)(C)C)cc(C(C)(C)C)c4)cc3c3cc4c(cc23)-c2cccc3cccc-4c23)-c2cccc3c2c-5cc2ccccc23)cc(C(C)(C)C)c1. The van der Waals surface area contributed by atoms with Crippen LogP contribution in [0.2, 0.25) is 0 Å². The minimum atomic E-state index is -0.0329. The fourth-order valence-electron chi connectivity index (χ4n) is 12.2. The number of benzene rings is 11. The van der Waals surface area contributed by atoms with Crippen LogP contribution >= 0.6 is 0 Å². The van der Waals surface area contributed by atoms with E-state index in [1.807, 2.05) is 0 Å². The van der Waals surface area contributed by atoms with Crippen LogP contribution in [-0.2, 0) is 21.7 Å². The van der Waals surface area contributed by atoms with E-state index in [4.69, 9.17) is 0 Å². The van der Waals surface area contributed by atoms with Crippen LogP contribution in [-0.4, -0.2) is 0 Å². The standard InChI is InChI=1S/C70H62/c1-67(2,3)43-26-41(27-44(31-43)68(4,5)6)52-34-60-59(61-37-55-50-23-16-20-39-19-15-22-49(65(39)50)54(55)35-57(52)61)33-53(42-28-45(69(7,8)9)32-46(29-42)70(10,11)12)58-36-56-51-25-17-24-48-47-21-14-13-18-40(47)30-64(66(48)51)63(56)38-62(58)60/h13-38H,1-12H3. The van der Waals surface area contributed by atoms with E-state index in [0.29, 0.717) is 0 Å². The molecule has 0 nitrogen and oxygen atoms in total. The first-order valence-corrected chi connectivity index (χ1v) is 25.6. The van der Waals surface area contributed by atoms with E-state index in [2.05, 4.69) is 241 Å². The first kappa shape index (κ1) is 43.0. The van der Waals surface area contributed by atoms with Crippen molar-refractivity contribution in [1.82, 2.24) is 0 Å². The fraction of sp³-hybridized carbons (Fsp3) is 0.229. The second-order valence-corrected chi connectivity index (χ2v) is 25.0. The lowest BCUT2D eigenvalue weighted by Crippen LogP contribution is -2.16. The maximum Gasteiger partial charge on any atom is -0.00199 e. The minimum Gasteiger partial charge on any atom is -0.0616 e. The Morgan fingerprint density at radius 2 is 0.557 bits per heavy atom. The summed E-state index contributed by atoms with van der Waals surface area (Å²) in [6.07, 6.45) is 0. The van der Waals surface area contributed by atoms with Gasteiger partial charge in [-0.3, -0.25) is 0 Å². The molecule has 0 N–H and O–H groups in total. The zero-order valence-corrected chi connectivity index (χ0v) is 43.0. The third-order valence-electron chi connectivity index (χ3n) is 16.2. The summed E-state index contributed by atoms with van der Waals surface area (Å²) in [5.74, 6) is 0. The van der Waals surface area contributed by atoms with E-state index in [-0.39, 0.29) is 21.7 Å². The van der Waals surface area contributed by atoms with Crippen molar-refractivity contribution in [3.63, 3.8) is 0 Å². The highest BCUT2D eigenvalue weighted by molar-refractivity contribution is 6.30. The van der Waals surface area contributed by atoms with Crippen molar-refractivity contribution in [1.29, 1.82) is 0 Å². The van der Waals surface area contributed by atoms with E-state index < -0.39 is 0 Å². The van der Waals surface area contributed by atoms with Crippen LogP contribution in [0, 0.1) is 0 Å². The Hall–Kier alpha value is -7.02. The van der Waals surface area contributed by atoms with Gasteiger partial charge in [-0.2, -0.15) is 0 Å². The Labute approximate surface area is 414 Å². The summed E-state index contributed by atoms with van der Waals surface area (Å²) in [5.41, 5.74) is 21.1. The fourth-order valence-corrected chi connectivity index (χ4v) is 12.2. The van der Waals surface area contributed by atoms with E-state index in [9.17, 15) is 0 Å². The first-order chi connectivity index (χ1) is 33.2. The van der Waals surface area contributed by atoms with Crippen LogP contribution in [0.15, 0.2) is 158 Å². The second kappa shape index (κ2) is 14.3. The summed E-state index contributed by atoms with van der Waals surface area (Å²) >= 11 is 0. The third-order valence-corrected chi connectivity index (χ3v) is 16.2. The highest BCUT2D eigenvalue weighted by atomic mass is 14.3. The van der Waals surface area contributed by atoms with Crippen LogP contribution in [0.3, 0.4) is 0 Å². The zero-order valence-electron chi connectivity index (χ0n) is 43.0. The van der Waals surface area contributed by atoms with E-state index in [0.717, 1.165) is 0 Å². The van der Waals surface area contributed by atoms with Gasteiger partial charge in [0, 0.05) is 0 Å². The molecule has 342 valence electrons. The van der Waals surface area contributed by atoms with Crippen molar-refractivity contribution < 1.29 is 0 Å². The molecule has 0 aromatic heterocycles. The summed E-state index contributed by atoms with van der Waals surface area (Å²) in [5, 5.41) is 15.8. The average Bonchev–Trinajstić information content (AvgIpc) is 3.81. The van der Waals surface area contributed by atoms with Gasteiger partial charge in [0.2, 0.25) is 0 Å². The third kappa shape index (κ3) is 6.34. The largest absolute Gasteiger partial charge is 0.0616 e. The normalized spacial score (nSPS) is 13.4. The highest BCUT2D eigenvalue weighted by Gasteiger charge is 2.30. The molecular formula is C70H62. The number of hydrogen-bond acceptors (Lipinski definition) is 0. The van der Waals surface area contributed by atoms with Crippen molar-refractivity contribution in [3.05, 3.63) is 180 Å². The first-order valence-electron chi connectivity index (χ1n) is 25.6. The molecule has 0 heterocycles. The molecule has 0 unspecified atom stereocenters. The molecule has 11 aromatic rings. The summed E-state index contributed by atoms with van der Waals surface area (Å²) in [6, 6.07) is 62.5. The lowest BCUT2D eigenvalue weighted by molar-refractivity contribution is 0.568. The molecule has 0 amide bonds. The van der Waals surface area contributed by atoms with Crippen molar-refractivity contribution in [2.75, 3.05) is 0 Å². The molecule has 2 aliphatic carbocycles.